The SMILES string of the molecule is O=S(=O)(NCc1cccs1)c1cnc[nH]1. The summed E-state index contributed by atoms with van der Waals surface area (Å²) in [4.78, 5) is 7.18. The maximum Gasteiger partial charge on any atom is 0.257 e. The molecule has 0 fully saturated rings. The van der Waals surface area contributed by atoms with Crippen LogP contribution in [0.2, 0.25) is 0 Å². The second kappa shape index (κ2) is 4.13. The Bertz CT molecular complexity index is 502. The summed E-state index contributed by atoms with van der Waals surface area (Å²) in [6.45, 7) is 0.305. The van der Waals surface area contributed by atoms with Gasteiger partial charge in [-0.1, -0.05) is 6.07 Å². The third-order valence-electron chi connectivity index (χ3n) is 1.78. The van der Waals surface area contributed by atoms with E-state index >= 15 is 0 Å². The van der Waals surface area contributed by atoms with Crippen LogP contribution in [0, 0.1) is 0 Å². The van der Waals surface area contributed by atoms with Gasteiger partial charge in [0.2, 0.25) is 0 Å². The smallest absolute Gasteiger partial charge is 0.257 e. The maximum atomic E-state index is 11.6. The van der Waals surface area contributed by atoms with Crippen molar-refractivity contribution in [2.24, 2.45) is 0 Å². The van der Waals surface area contributed by atoms with Crippen LogP contribution in [0.25, 0.3) is 0 Å². The molecule has 7 heteroatoms. The molecule has 0 atom stereocenters. The number of imidazole rings is 1. The van der Waals surface area contributed by atoms with Crippen molar-refractivity contribution in [2.75, 3.05) is 0 Å². The maximum absolute atomic E-state index is 11.6. The molecule has 0 aliphatic carbocycles. The van der Waals surface area contributed by atoms with Crippen LogP contribution in [-0.2, 0) is 16.6 Å². The quantitative estimate of drug-likeness (QED) is 0.839. The molecule has 2 N–H and O–H groups in total. The Morgan fingerprint density at radius 3 is 3.00 bits per heavy atom. The Morgan fingerprint density at radius 2 is 2.40 bits per heavy atom. The first-order valence-electron chi connectivity index (χ1n) is 4.19. The summed E-state index contributed by atoms with van der Waals surface area (Å²) in [5, 5.41) is 1.99. The van der Waals surface area contributed by atoms with Crippen LogP contribution >= 0.6 is 11.3 Å². The van der Waals surface area contributed by atoms with Crippen molar-refractivity contribution in [2.45, 2.75) is 11.6 Å². The second-order valence-electron chi connectivity index (χ2n) is 2.82. The standard InChI is InChI=1S/C8H9N3O2S2/c12-15(13,8-5-9-6-10-8)11-4-7-2-1-3-14-7/h1-3,5-6,11H,4H2,(H,9,10). The number of hydrogen-bond acceptors (Lipinski definition) is 4. The Labute approximate surface area is 91.2 Å². The van der Waals surface area contributed by atoms with E-state index in [4.69, 9.17) is 0 Å². The van der Waals surface area contributed by atoms with Crippen LogP contribution in [0.1, 0.15) is 4.88 Å². The summed E-state index contributed by atoms with van der Waals surface area (Å²) in [6.07, 6.45) is 2.61. The number of thiophene rings is 1. The molecule has 0 radical (unpaired) electrons. The van der Waals surface area contributed by atoms with Crippen LogP contribution in [0.4, 0.5) is 0 Å². The lowest BCUT2D eigenvalue weighted by atomic mass is 10.5. The molecule has 15 heavy (non-hydrogen) atoms. The normalized spacial score (nSPS) is 11.7. The Balaban J connectivity index is 2.06. The van der Waals surface area contributed by atoms with Gasteiger partial charge in [-0.3, -0.25) is 0 Å². The van der Waals surface area contributed by atoms with Gasteiger partial charge in [0, 0.05) is 11.4 Å². The average molecular weight is 243 g/mol. The molecule has 0 aromatic carbocycles. The van der Waals surface area contributed by atoms with E-state index in [0.717, 1.165) is 4.88 Å². The van der Waals surface area contributed by atoms with Gasteiger partial charge < -0.3 is 4.98 Å². The predicted molar refractivity (Wildman–Crippen MR) is 56.9 cm³/mol. The van der Waals surface area contributed by atoms with Crippen molar-refractivity contribution < 1.29 is 8.42 Å². The zero-order valence-electron chi connectivity index (χ0n) is 7.67. The highest BCUT2D eigenvalue weighted by atomic mass is 32.2. The summed E-state index contributed by atoms with van der Waals surface area (Å²) in [6, 6.07) is 3.75. The molecule has 0 amide bonds. The topological polar surface area (TPSA) is 74.8 Å². The zero-order valence-corrected chi connectivity index (χ0v) is 9.31. The molecule has 0 unspecified atom stereocenters. The lowest BCUT2D eigenvalue weighted by molar-refractivity contribution is 0.578. The molecule has 80 valence electrons. The molecule has 0 saturated carbocycles. The van der Waals surface area contributed by atoms with Crippen LogP contribution < -0.4 is 4.72 Å². The van der Waals surface area contributed by atoms with Gasteiger partial charge in [0.1, 0.15) is 0 Å². The van der Waals surface area contributed by atoms with E-state index in [9.17, 15) is 8.42 Å². The molecule has 0 aliphatic heterocycles. The largest absolute Gasteiger partial charge is 0.335 e. The minimum absolute atomic E-state index is 0.0825. The molecule has 0 aliphatic rings. The van der Waals surface area contributed by atoms with Crippen molar-refractivity contribution in [1.82, 2.24) is 14.7 Å². The van der Waals surface area contributed by atoms with Gasteiger partial charge in [-0.15, -0.1) is 11.3 Å². The number of H-pyrrole nitrogens is 1. The highest BCUT2D eigenvalue weighted by Crippen LogP contribution is 2.09. The first kappa shape index (κ1) is 10.3. The first-order valence-corrected chi connectivity index (χ1v) is 6.55. The van der Waals surface area contributed by atoms with Crippen LogP contribution in [0.15, 0.2) is 35.1 Å². The van der Waals surface area contributed by atoms with E-state index in [0.29, 0.717) is 6.54 Å². The summed E-state index contributed by atoms with van der Waals surface area (Å²) in [5.74, 6) is 0. The minimum atomic E-state index is -3.45. The van der Waals surface area contributed by atoms with E-state index in [1.807, 2.05) is 17.5 Å². The average Bonchev–Trinajstić information content (AvgIpc) is 2.88. The van der Waals surface area contributed by atoms with E-state index in [2.05, 4.69) is 14.7 Å². The third-order valence-corrected chi connectivity index (χ3v) is 3.98. The fraction of sp³-hybridized carbons (Fsp3) is 0.125. The van der Waals surface area contributed by atoms with E-state index in [1.54, 1.807) is 0 Å². The summed E-state index contributed by atoms with van der Waals surface area (Å²) >= 11 is 1.51. The van der Waals surface area contributed by atoms with Crippen molar-refractivity contribution in [3.05, 3.63) is 34.9 Å². The molecule has 0 bridgehead atoms. The predicted octanol–water partition coefficient (Wildman–Crippen LogP) is 0.950. The Morgan fingerprint density at radius 1 is 1.53 bits per heavy atom. The minimum Gasteiger partial charge on any atom is -0.335 e. The molecular weight excluding hydrogens is 234 g/mol. The highest BCUT2D eigenvalue weighted by Gasteiger charge is 2.14. The van der Waals surface area contributed by atoms with Gasteiger partial charge in [0.05, 0.1) is 12.5 Å². The van der Waals surface area contributed by atoms with E-state index < -0.39 is 10.0 Å². The van der Waals surface area contributed by atoms with Gasteiger partial charge >= 0.3 is 0 Å². The van der Waals surface area contributed by atoms with Gasteiger partial charge in [0.15, 0.2) is 5.03 Å². The lowest BCUT2D eigenvalue weighted by Crippen LogP contribution is -2.23. The third kappa shape index (κ3) is 2.44. The number of nitrogens with zero attached hydrogens (tertiary/aromatic N) is 1. The Kier molecular flexibility index (Phi) is 2.85. The van der Waals surface area contributed by atoms with Crippen molar-refractivity contribution in [3.8, 4) is 0 Å². The summed E-state index contributed by atoms with van der Waals surface area (Å²) < 4.78 is 25.7. The lowest BCUT2D eigenvalue weighted by Gasteiger charge is -2.01. The van der Waals surface area contributed by atoms with Crippen molar-refractivity contribution in [3.63, 3.8) is 0 Å². The van der Waals surface area contributed by atoms with Gasteiger partial charge in [-0.2, -0.15) is 0 Å². The van der Waals surface area contributed by atoms with Crippen molar-refractivity contribution >= 4 is 21.4 Å². The van der Waals surface area contributed by atoms with Crippen LogP contribution in [0.5, 0.6) is 0 Å². The highest BCUT2D eigenvalue weighted by molar-refractivity contribution is 7.89. The number of nitrogens with one attached hydrogen (secondary N) is 2. The molecule has 2 rings (SSSR count). The van der Waals surface area contributed by atoms with Gasteiger partial charge in [0.25, 0.3) is 10.0 Å². The number of sulfonamides is 1. The van der Waals surface area contributed by atoms with Crippen LogP contribution in [-0.4, -0.2) is 18.4 Å². The second-order valence-corrected chi connectivity index (χ2v) is 5.59. The van der Waals surface area contributed by atoms with Gasteiger partial charge in [-0.05, 0) is 11.4 Å². The monoisotopic (exact) mass is 243 g/mol. The van der Waals surface area contributed by atoms with E-state index in [-0.39, 0.29) is 5.03 Å². The zero-order chi connectivity index (χ0) is 10.7. The number of aromatic nitrogens is 2. The van der Waals surface area contributed by atoms with Crippen molar-refractivity contribution in [1.29, 1.82) is 0 Å². The molecule has 0 saturated heterocycles. The molecule has 0 spiro atoms. The molecule has 2 aromatic heterocycles. The number of rotatable bonds is 4. The molecule has 5 nitrogen and oxygen atoms in total. The van der Waals surface area contributed by atoms with Gasteiger partial charge in [-0.25, -0.2) is 18.1 Å². The Hall–Kier alpha value is -1.18. The molecular formula is C8H9N3O2S2. The fourth-order valence-corrected chi connectivity index (χ4v) is 2.69. The molecule has 2 aromatic rings. The summed E-state index contributed by atoms with van der Waals surface area (Å²) in [7, 11) is -3.45. The first-order chi connectivity index (χ1) is 7.18. The fourth-order valence-electron chi connectivity index (χ4n) is 1.05. The van der Waals surface area contributed by atoms with E-state index in [1.165, 1.54) is 23.9 Å². The van der Waals surface area contributed by atoms with Crippen LogP contribution in [0.3, 0.4) is 0 Å². The number of aromatic amines is 1. The molecule has 2 heterocycles. The summed E-state index contributed by atoms with van der Waals surface area (Å²) in [5.41, 5.74) is 0. The number of hydrogen-bond donors (Lipinski definition) is 2.